The second-order valence-corrected chi connectivity index (χ2v) is 10.6. The molecule has 3 aliphatic rings. The summed E-state index contributed by atoms with van der Waals surface area (Å²) in [5.41, 5.74) is 0.769. The number of benzene rings is 2. The van der Waals surface area contributed by atoms with Crippen LogP contribution in [0.1, 0.15) is 65.2 Å². The van der Waals surface area contributed by atoms with Crippen LogP contribution in [0.4, 0.5) is 17.6 Å². The van der Waals surface area contributed by atoms with Crippen molar-refractivity contribution in [2.24, 2.45) is 5.92 Å². The van der Waals surface area contributed by atoms with E-state index in [2.05, 4.69) is 5.32 Å². The first-order chi connectivity index (χ1) is 16.7. The summed E-state index contributed by atoms with van der Waals surface area (Å²) in [6, 6.07) is 6.70. The monoisotopic (exact) mass is 506 g/mol. The smallest absolute Gasteiger partial charge is 0.347 e. The maximum atomic E-state index is 14.7. The fourth-order valence-corrected chi connectivity index (χ4v) is 6.10. The first-order valence-electron chi connectivity index (χ1n) is 12.0. The first-order valence-corrected chi connectivity index (χ1v) is 12.9. The molecule has 1 saturated carbocycles. The fourth-order valence-electron chi connectivity index (χ4n) is 5.00. The Morgan fingerprint density at radius 3 is 2.57 bits per heavy atom. The van der Waals surface area contributed by atoms with E-state index < -0.39 is 29.6 Å². The molecular weight excluding hydrogens is 480 g/mol. The Labute approximate surface area is 205 Å². The van der Waals surface area contributed by atoms with Crippen LogP contribution >= 0.6 is 11.8 Å². The number of hydrogen-bond donors (Lipinski definition) is 1. The van der Waals surface area contributed by atoms with Crippen molar-refractivity contribution in [3.05, 3.63) is 64.5 Å². The van der Waals surface area contributed by atoms with Gasteiger partial charge in [-0.05, 0) is 74.3 Å². The number of carbonyl (C=O) groups excluding carboxylic acids is 2. The van der Waals surface area contributed by atoms with Gasteiger partial charge in [0.05, 0.1) is 11.6 Å². The minimum Gasteiger partial charge on any atom is -0.347 e. The van der Waals surface area contributed by atoms with Gasteiger partial charge in [-0.15, -0.1) is 11.8 Å². The minimum absolute atomic E-state index is 0.0355. The van der Waals surface area contributed by atoms with Gasteiger partial charge in [-0.2, -0.15) is 13.2 Å². The minimum atomic E-state index is -4.64. The molecule has 2 atom stereocenters. The molecule has 1 saturated heterocycles. The molecule has 2 aliphatic heterocycles. The predicted octanol–water partition coefficient (Wildman–Crippen LogP) is 5.75. The lowest BCUT2D eigenvalue weighted by Gasteiger charge is -2.36. The lowest BCUT2D eigenvalue weighted by atomic mass is 9.96. The topological polar surface area (TPSA) is 49.4 Å². The Balaban J connectivity index is 1.35. The number of aryl methyl sites for hydroxylation is 1. The molecule has 2 fully saturated rings. The number of rotatable bonds is 5. The predicted molar refractivity (Wildman–Crippen MR) is 125 cm³/mol. The van der Waals surface area contributed by atoms with Gasteiger partial charge in [0.1, 0.15) is 11.9 Å². The van der Waals surface area contributed by atoms with Crippen molar-refractivity contribution in [2.75, 3.05) is 12.3 Å². The number of thioether (sulfide) groups is 1. The highest BCUT2D eigenvalue weighted by Crippen LogP contribution is 2.43. The standard InChI is InChI=1S/C26H26F4N2O2S/c27-20-14-18(26(28,29)30)8-9-19(20)23(16-5-6-16)31-24(33)21-3-1-2-11-32(21)25(34)17-7-4-15-10-12-35-22(15)13-17/h4,7-9,13-14,16,21,23H,1-3,5-6,10-12H2,(H,31,33)/t21-,23-/m1/s1. The Hall–Kier alpha value is -2.55. The summed E-state index contributed by atoms with van der Waals surface area (Å²) >= 11 is 1.72. The van der Waals surface area contributed by atoms with Gasteiger partial charge in [0.15, 0.2) is 0 Å². The van der Waals surface area contributed by atoms with Crippen molar-refractivity contribution in [1.82, 2.24) is 10.2 Å². The molecule has 0 bridgehead atoms. The van der Waals surface area contributed by atoms with Gasteiger partial charge in [0.2, 0.25) is 5.91 Å². The number of likely N-dealkylation sites (tertiary alicyclic amines) is 1. The highest BCUT2D eigenvalue weighted by molar-refractivity contribution is 7.99. The summed E-state index contributed by atoms with van der Waals surface area (Å²) in [7, 11) is 0. The summed E-state index contributed by atoms with van der Waals surface area (Å²) in [5.74, 6) is -0.616. The van der Waals surface area contributed by atoms with E-state index in [1.54, 1.807) is 22.7 Å². The molecule has 5 rings (SSSR count). The quantitative estimate of drug-likeness (QED) is 0.525. The number of amides is 2. The normalized spacial score (nSPS) is 20.9. The van der Waals surface area contributed by atoms with Crippen molar-refractivity contribution >= 4 is 23.6 Å². The van der Waals surface area contributed by atoms with Crippen LogP contribution < -0.4 is 5.32 Å². The fraction of sp³-hybridized carbons (Fsp3) is 0.462. The van der Waals surface area contributed by atoms with Crippen molar-refractivity contribution in [2.45, 2.75) is 61.7 Å². The number of hydrogen-bond acceptors (Lipinski definition) is 3. The van der Waals surface area contributed by atoms with E-state index >= 15 is 0 Å². The average Bonchev–Trinajstić information content (AvgIpc) is 3.57. The number of nitrogens with one attached hydrogen (secondary N) is 1. The number of alkyl halides is 3. The molecule has 2 aromatic rings. The number of fused-ring (bicyclic) bond motifs is 1. The Bertz CT molecular complexity index is 1150. The molecule has 2 amide bonds. The van der Waals surface area contributed by atoms with Crippen molar-refractivity contribution in [3.63, 3.8) is 0 Å². The van der Waals surface area contributed by atoms with Gasteiger partial charge >= 0.3 is 6.18 Å². The molecule has 0 spiro atoms. The summed E-state index contributed by atoms with van der Waals surface area (Å²) in [6.07, 6.45) is -0.0936. The van der Waals surface area contributed by atoms with Crippen LogP contribution in [-0.2, 0) is 17.4 Å². The Morgan fingerprint density at radius 2 is 1.86 bits per heavy atom. The highest BCUT2D eigenvalue weighted by Gasteiger charge is 2.40. The van der Waals surface area contributed by atoms with Gasteiger partial charge in [-0.1, -0.05) is 12.1 Å². The zero-order chi connectivity index (χ0) is 24.7. The van der Waals surface area contributed by atoms with Gasteiger partial charge < -0.3 is 10.2 Å². The summed E-state index contributed by atoms with van der Waals surface area (Å²) in [5, 5.41) is 2.88. The van der Waals surface area contributed by atoms with E-state index in [0.29, 0.717) is 24.6 Å². The van der Waals surface area contributed by atoms with Crippen molar-refractivity contribution in [1.29, 1.82) is 0 Å². The zero-order valence-electron chi connectivity index (χ0n) is 19.0. The third kappa shape index (κ3) is 5.06. The van der Waals surface area contributed by atoms with Crippen molar-refractivity contribution < 1.29 is 27.2 Å². The maximum absolute atomic E-state index is 14.7. The first kappa shape index (κ1) is 24.2. The summed E-state index contributed by atoms with van der Waals surface area (Å²) in [6.45, 7) is 0.448. The molecule has 0 radical (unpaired) electrons. The van der Waals surface area contributed by atoms with Crippen LogP contribution in [0.2, 0.25) is 0 Å². The number of carbonyl (C=O) groups is 2. The molecule has 186 valence electrons. The molecule has 2 aromatic carbocycles. The zero-order valence-corrected chi connectivity index (χ0v) is 19.9. The molecule has 1 aliphatic carbocycles. The summed E-state index contributed by atoms with van der Waals surface area (Å²) in [4.78, 5) is 29.4. The molecule has 0 aromatic heterocycles. The average molecular weight is 507 g/mol. The van der Waals surface area contributed by atoms with E-state index in [0.717, 1.165) is 54.9 Å². The lowest BCUT2D eigenvalue weighted by molar-refractivity contribution is -0.137. The highest BCUT2D eigenvalue weighted by atomic mass is 32.2. The number of halogens is 4. The van der Waals surface area contributed by atoms with Gasteiger partial charge in [-0.25, -0.2) is 4.39 Å². The van der Waals surface area contributed by atoms with E-state index in [1.165, 1.54) is 5.56 Å². The molecule has 35 heavy (non-hydrogen) atoms. The van der Waals surface area contributed by atoms with Gasteiger partial charge in [-0.3, -0.25) is 9.59 Å². The number of nitrogens with zero attached hydrogens (tertiary/aromatic N) is 1. The molecular formula is C26H26F4N2O2S. The van der Waals surface area contributed by atoms with Crippen LogP contribution in [0.3, 0.4) is 0 Å². The Kier molecular flexibility index (Phi) is 6.55. The Morgan fingerprint density at radius 1 is 1.06 bits per heavy atom. The third-order valence-electron chi connectivity index (χ3n) is 7.06. The van der Waals surface area contributed by atoms with Crippen LogP contribution in [-0.4, -0.2) is 35.1 Å². The van der Waals surface area contributed by atoms with Crippen LogP contribution in [0.25, 0.3) is 0 Å². The van der Waals surface area contributed by atoms with Crippen LogP contribution in [0, 0.1) is 11.7 Å². The second-order valence-electron chi connectivity index (χ2n) is 9.49. The van der Waals surface area contributed by atoms with Crippen LogP contribution in [0.5, 0.6) is 0 Å². The van der Waals surface area contributed by atoms with E-state index in [1.807, 2.05) is 12.1 Å². The van der Waals surface area contributed by atoms with Crippen LogP contribution in [0.15, 0.2) is 41.3 Å². The molecule has 0 unspecified atom stereocenters. The second kappa shape index (κ2) is 9.48. The van der Waals surface area contributed by atoms with E-state index in [4.69, 9.17) is 0 Å². The van der Waals surface area contributed by atoms with Gasteiger partial charge in [0, 0.05) is 28.3 Å². The van der Waals surface area contributed by atoms with Crippen molar-refractivity contribution in [3.8, 4) is 0 Å². The van der Waals surface area contributed by atoms with Gasteiger partial charge in [0.25, 0.3) is 5.91 Å². The maximum Gasteiger partial charge on any atom is 0.416 e. The molecule has 1 N–H and O–H groups in total. The largest absolute Gasteiger partial charge is 0.416 e. The molecule has 4 nitrogen and oxygen atoms in total. The van der Waals surface area contributed by atoms with E-state index in [-0.39, 0.29) is 23.3 Å². The molecule has 9 heteroatoms. The third-order valence-corrected chi connectivity index (χ3v) is 8.16. The summed E-state index contributed by atoms with van der Waals surface area (Å²) < 4.78 is 53.7. The SMILES string of the molecule is O=C(N[C@@H](c1ccc(C(F)(F)F)cc1F)C1CC1)[C@H]1CCCCN1C(=O)c1ccc2c(c1)SCC2. The number of piperidine rings is 1. The van der Waals surface area contributed by atoms with E-state index in [9.17, 15) is 27.2 Å². The lowest BCUT2D eigenvalue weighted by Crippen LogP contribution is -2.52. The molecule has 2 heterocycles.